The zero-order chi connectivity index (χ0) is 18.6. The van der Waals surface area contributed by atoms with Gasteiger partial charge in [-0.1, -0.05) is 60.7 Å². The Balaban J connectivity index is 1.58. The molecule has 0 aliphatic heterocycles. The van der Waals surface area contributed by atoms with E-state index in [1.165, 1.54) is 9.36 Å². The number of nitrogens with zero attached hydrogens (tertiary/aromatic N) is 4. The van der Waals surface area contributed by atoms with Crippen molar-refractivity contribution >= 4 is 0 Å². The molecule has 1 aromatic heterocycles. The summed E-state index contributed by atoms with van der Waals surface area (Å²) in [5, 5.41) is 7.69. The fourth-order valence-electron chi connectivity index (χ4n) is 2.86. The Morgan fingerprint density at radius 1 is 0.852 bits per heavy atom. The summed E-state index contributed by atoms with van der Waals surface area (Å²) >= 11 is 0. The fourth-order valence-corrected chi connectivity index (χ4v) is 2.86. The van der Waals surface area contributed by atoms with E-state index in [4.69, 9.17) is 4.74 Å². The summed E-state index contributed by atoms with van der Waals surface area (Å²) in [5.41, 5.74) is 3.44. The van der Waals surface area contributed by atoms with E-state index in [1.807, 2.05) is 60.7 Å². The van der Waals surface area contributed by atoms with Crippen LogP contribution in [0.4, 0.5) is 0 Å². The first kappa shape index (κ1) is 16.8. The zero-order valence-corrected chi connectivity index (χ0v) is 14.8. The predicted octanol–water partition coefficient (Wildman–Crippen LogP) is 3.21. The third-order valence-electron chi connectivity index (χ3n) is 4.28. The van der Waals surface area contributed by atoms with E-state index < -0.39 is 0 Å². The molecule has 0 N–H and O–H groups in total. The lowest BCUT2D eigenvalue weighted by Crippen LogP contribution is -2.23. The molecule has 4 rings (SSSR count). The second-order valence-electron chi connectivity index (χ2n) is 6.11. The van der Waals surface area contributed by atoms with Gasteiger partial charge in [0, 0.05) is 12.6 Å². The van der Waals surface area contributed by atoms with Crippen LogP contribution in [-0.4, -0.2) is 19.8 Å². The van der Waals surface area contributed by atoms with Gasteiger partial charge in [0.2, 0.25) is 0 Å². The highest BCUT2D eigenvalue weighted by molar-refractivity contribution is 5.64. The van der Waals surface area contributed by atoms with Gasteiger partial charge in [-0.05, 0) is 39.8 Å². The largest absolute Gasteiger partial charge is 0.489 e. The van der Waals surface area contributed by atoms with Crippen LogP contribution in [-0.2, 0) is 13.7 Å². The summed E-state index contributed by atoms with van der Waals surface area (Å²) < 4.78 is 8.46. The maximum Gasteiger partial charge on any atom is 0.368 e. The van der Waals surface area contributed by atoms with Crippen molar-refractivity contribution in [2.24, 2.45) is 7.05 Å². The molecular weight excluding hydrogens is 340 g/mol. The minimum atomic E-state index is -0.298. The zero-order valence-electron chi connectivity index (χ0n) is 14.8. The average Bonchev–Trinajstić information content (AvgIpc) is 3.06. The van der Waals surface area contributed by atoms with Gasteiger partial charge in [0.05, 0.1) is 5.69 Å². The number of tetrazole rings is 1. The van der Waals surface area contributed by atoms with Gasteiger partial charge >= 0.3 is 5.69 Å². The van der Waals surface area contributed by atoms with Crippen molar-refractivity contribution in [1.29, 1.82) is 0 Å². The summed E-state index contributed by atoms with van der Waals surface area (Å²) in [6.07, 6.45) is 0. The molecule has 6 nitrogen and oxygen atoms in total. The van der Waals surface area contributed by atoms with Crippen molar-refractivity contribution in [3.05, 3.63) is 94.9 Å². The number of para-hydroxylation sites is 1. The van der Waals surface area contributed by atoms with E-state index in [0.717, 1.165) is 22.4 Å². The summed E-state index contributed by atoms with van der Waals surface area (Å²) in [6.45, 7) is 0.317. The normalized spacial score (nSPS) is 10.7. The van der Waals surface area contributed by atoms with Crippen LogP contribution in [0.25, 0.3) is 16.8 Å². The monoisotopic (exact) mass is 358 g/mol. The van der Waals surface area contributed by atoms with Gasteiger partial charge in [0.25, 0.3) is 0 Å². The Bertz CT molecular complexity index is 1120. The highest BCUT2D eigenvalue weighted by atomic mass is 16.5. The Kier molecular flexibility index (Phi) is 4.53. The van der Waals surface area contributed by atoms with Crippen LogP contribution in [0.3, 0.4) is 0 Å². The lowest BCUT2D eigenvalue weighted by atomic mass is 10.1. The van der Waals surface area contributed by atoms with Gasteiger partial charge < -0.3 is 4.74 Å². The quantitative estimate of drug-likeness (QED) is 0.550. The van der Waals surface area contributed by atoms with Crippen molar-refractivity contribution in [3.63, 3.8) is 0 Å². The number of aromatic nitrogens is 4. The first-order valence-corrected chi connectivity index (χ1v) is 8.58. The van der Waals surface area contributed by atoms with Crippen molar-refractivity contribution in [1.82, 2.24) is 19.8 Å². The Labute approximate surface area is 156 Å². The molecule has 6 heteroatoms. The van der Waals surface area contributed by atoms with Crippen LogP contribution in [0.1, 0.15) is 5.56 Å². The predicted molar refractivity (Wildman–Crippen MR) is 103 cm³/mol. The smallest absolute Gasteiger partial charge is 0.368 e. The lowest BCUT2D eigenvalue weighted by Gasteiger charge is -2.11. The Morgan fingerprint density at radius 3 is 2.37 bits per heavy atom. The average molecular weight is 358 g/mol. The molecular formula is C21H18N4O2. The highest BCUT2D eigenvalue weighted by Gasteiger charge is 2.11. The van der Waals surface area contributed by atoms with Gasteiger partial charge in [-0.15, -0.1) is 0 Å². The van der Waals surface area contributed by atoms with E-state index >= 15 is 0 Å². The van der Waals surface area contributed by atoms with Crippen LogP contribution >= 0.6 is 0 Å². The molecule has 0 spiro atoms. The van der Waals surface area contributed by atoms with Gasteiger partial charge in [0.1, 0.15) is 12.4 Å². The molecule has 0 radical (unpaired) electrons. The number of rotatable bonds is 5. The van der Waals surface area contributed by atoms with Crippen molar-refractivity contribution in [3.8, 4) is 22.6 Å². The number of hydrogen-bond acceptors (Lipinski definition) is 4. The maximum absolute atomic E-state index is 12.2. The van der Waals surface area contributed by atoms with Gasteiger partial charge in [0.15, 0.2) is 0 Å². The Hall–Kier alpha value is -3.67. The molecule has 0 fully saturated rings. The Morgan fingerprint density at radius 2 is 1.59 bits per heavy atom. The number of ether oxygens (including phenoxy) is 1. The van der Waals surface area contributed by atoms with E-state index in [2.05, 4.69) is 28.6 Å². The fraction of sp³-hybridized carbons (Fsp3) is 0.0952. The maximum atomic E-state index is 12.2. The molecule has 0 aliphatic rings. The van der Waals surface area contributed by atoms with Crippen LogP contribution < -0.4 is 10.4 Å². The first-order valence-electron chi connectivity index (χ1n) is 8.58. The minimum absolute atomic E-state index is 0.298. The molecule has 0 unspecified atom stereocenters. The van der Waals surface area contributed by atoms with Crippen molar-refractivity contribution in [2.45, 2.75) is 6.61 Å². The van der Waals surface area contributed by atoms with Crippen LogP contribution in [0.5, 0.6) is 5.75 Å². The summed E-state index contributed by atoms with van der Waals surface area (Å²) in [4.78, 5) is 12.2. The van der Waals surface area contributed by atoms with Crippen molar-refractivity contribution < 1.29 is 4.74 Å². The molecule has 0 amide bonds. The second-order valence-corrected chi connectivity index (χ2v) is 6.11. The first-order chi connectivity index (χ1) is 13.2. The number of aryl methyl sites for hydroxylation is 1. The lowest BCUT2D eigenvalue weighted by molar-refractivity contribution is 0.305. The highest BCUT2D eigenvalue weighted by Crippen LogP contribution is 2.24. The molecule has 0 bridgehead atoms. The SMILES string of the molecule is Cn1nnn(-c2ccccc2COc2cccc(-c3ccccc3)c2)c1=O. The van der Waals surface area contributed by atoms with E-state index in [9.17, 15) is 4.79 Å². The van der Waals surface area contributed by atoms with Gasteiger partial charge in [-0.2, -0.15) is 9.36 Å². The molecule has 0 saturated carbocycles. The third kappa shape index (κ3) is 3.50. The standard InChI is InChI=1S/C21H18N4O2/c1-24-21(26)25(23-22-24)20-13-6-5-10-18(20)15-27-19-12-7-11-17(14-19)16-8-3-2-4-9-16/h2-14H,15H2,1H3. The molecule has 0 aliphatic carbocycles. The third-order valence-corrected chi connectivity index (χ3v) is 4.28. The topological polar surface area (TPSA) is 61.9 Å². The summed E-state index contributed by atoms with van der Waals surface area (Å²) in [5.74, 6) is 0.762. The van der Waals surface area contributed by atoms with E-state index in [0.29, 0.717) is 12.3 Å². The number of benzene rings is 3. The van der Waals surface area contributed by atoms with Crippen LogP contribution in [0.2, 0.25) is 0 Å². The molecule has 134 valence electrons. The molecule has 4 aromatic rings. The van der Waals surface area contributed by atoms with E-state index in [-0.39, 0.29) is 5.69 Å². The molecule has 3 aromatic carbocycles. The van der Waals surface area contributed by atoms with Crippen LogP contribution in [0.15, 0.2) is 83.7 Å². The molecule has 0 atom stereocenters. The van der Waals surface area contributed by atoms with E-state index in [1.54, 1.807) is 7.05 Å². The molecule has 1 heterocycles. The van der Waals surface area contributed by atoms with Crippen LogP contribution in [0, 0.1) is 0 Å². The van der Waals surface area contributed by atoms with Crippen molar-refractivity contribution in [2.75, 3.05) is 0 Å². The van der Waals surface area contributed by atoms with Gasteiger partial charge in [-0.3, -0.25) is 0 Å². The van der Waals surface area contributed by atoms with Gasteiger partial charge in [-0.25, -0.2) is 4.79 Å². The summed E-state index contributed by atoms with van der Waals surface area (Å²) in [6, 6.07) is 25.6. The number of hydrogen-bond donors (Lipinski definition) is 0. The summed E-state index contributed by atoms with van der Waals surface area (Å²) in [7, 11) is 1.57. The second kappa shape index (κ2) is 7.29. The minimum Gasteiger partial charge on any atom is -0.489 e. The molecule has 0 saturated heterocycles. The molecule has 27 heavy (non-hydrogen) atoms.